The van der Waals surface area contributed by atoms with Crippen molar-refractivity contribution in [3.63, 3.8) is 0 Å². The number of unbranched alkanes of at least 4 members (excludes halogenated alkanes) is 2. The van der Waals surface area contributed by atoms with Gasteiger partial charge < -0.3 is 82.0 Å². The second-order valence-corrected chi connectivity index (χ2v) is 16.3. The second-order valence-electron chi connectivity index (χ2n) is 16.3. The summed E-state index contributed by atoms with van der Waals surface area (Å²) in [6.07, 6.45) is -1.17. The molecule has 0 aliphatic heterocycles. The van der Waals surface area contributed by atoms with Crippen molar-refractivity contribution in [1.82, 2.24) is 42.5 Å². The van der Waals surface area contributed by atoms with E-state index < -0.39 is 120 Å². The predicted molar refractivity (Wildman–Crippen MR) is 253 cm³/mol. The van der Waals surface area contributed by atoms with Gasteiger partial charge in [0, 0.05) is 13.0 Å². The van der Waals surface area contributed by atoms with Crippen molar-refractivity contribution < 1.29 is 53.1 Å². The third kappa shape index (κ3) is 24.7. The van der Waals surface area contributed by atoms with E-state index in [0.717, 1.165) is 0 Å². The van der Waals surface area contributed by atoms with Gasteiger partial charge in [-0.2, -0.15) is 0 Å². The summed E-state index contributed by atoms with van der Waals surface area (Å²) in [6.45, 7) is 2.96. The van der Waals surface area contributed by atoms with E-state index in [0.29, 0.717) is 37.8 Å². The second kappa shape index (κ2) is 32.8. The van der Waals surface area contributed by atoms with Crippen molar-refractivity contribution in [2.45, 2.75) is 133 Å². The zero-order valence-corrected chi connectivity index (χ0v) is 39.6. The van der Waals surface area contributed by atoms with Crippen LogP contribution >= 0.6 is 0 Å². The number of ketones is 1. The number of aliphatic hydroxyl groups is 1. The van der Waals surface area contributed by atoms with Crippen molar-refractivity contribution in [1.29, 1.82) is 0 Å². The van der Waals surface area contributed by atoms with Crippen LogP contribution in [0.3, 0.4) is 0 Å². The number of guanidine groups is 1. The largest absolute Gasteiger partial charge is 0.391 e. The van der Waals surface area contributed by atoms with Gasteiger partial charge >= 0.3 is 0 Å². The Morgan fingerprint density at radius 3 is 1.39 bits per heavy atom. The number of primary amides is 2. The lowest BCUT2D eigenvalue weighted by Gasteiger charge is -2.28. The van der Waals surface area contributed by atoms with Crippen LogP contribution in [-0.4, -0.2) is 152 Å². The summed E-state index contributed by atoms with van der Waals surface area (Å²) in [5.74, 6) is -9.25. The number of hydrogen-bond acceptors (Lipinski definition) is 15. The van der Waals surface area contributed by atoms with Crippen LogP contribution in [0.4, 0.5) is 0 Å². The normalized spacial score (nSPS) is 14.3. The number of rotatable bonds is 35. The molecule has 1 rings (SSSR count). The number of amides is 9. The summed E-state index contributed by atoms with van der Waals surface area (Å²) in [5, 5.41) is 30.2. The molecular formula is C43H73N15O11. The van der Waals surface area contributed by atoms with Crippen LogP contribution in [0, 0.1) is 0 Å². The Kier molecular flexibility index (Phi) is 28.7. The lowest BCUT2D eigenvalue weighted by Crippen LogP contribution is -2.61. The van der Waals surface area contributed by atoms with E-state index in [1.165, 1.54) is 20.9 Å². The van der Waals surface area contributed by atoms with E-state index in [-0.39, 0.29) is 57.7 Å². The van der Waals surface area contributed by atoms with Gasteiger partial charge in [-0.25, -0.2) is 0 Å². The summed E-state index contributed by atoms with van der Waals surface area (Å²) < 4.78 is 0. The monoisotopic (exact) mass is 976 g/mol. The number of aliphatic imine (C=N–C) groups is 1. The first-order valence-corrected chi connectivity index (χ1v) is 22.6. The van der Waals surface area contributed by atoms with Gasteiger partial charge in [-0.3, -0.25) is 52.9 Å². The third-order valence-corrected chi connectivity index (χ3v) is 10.3. The van der Waals surface area contributed by atoms with Crippen LogP contribution < -0.4 is 76.9 Å². The summed E-state index contributed by atoms with van der Waals surface area (Å²) in [7, 11) is 1.53. The fourth-order valence-corrected chi connectivity index (χ4v) is 6.76. The number of nitrogens with two attached hydrogens (primary N) is 6. The number of carbonyl (C=O) groups excluding carboxylic acids is 10. The summed E-state index contributed by atoms with van der Waals surface area (Å²) in [5.41, 5.74) is 33.6. The highest BCUT2D eigenvalue weighted by Gasteiger charge is 2.35. The van der Waals surface area contributed by atoms with Crippen LogP contribution in [-0.2, 0) is 54.4 Å². The molecule has 21 N–H and O–H groups in total. The predicted octanol–water partition coefficient (Wildman–Crippen LogP) is -6.13. The van der Waals surface area contributed by atoms with Crippen molar-refractivity contribution in [2.24, 2.45) is 39.4 Å². The maximum Gasteiger partial charge on any atom is 0.243 e. The van der Waals surface area contributed by atoms with E-state index in [9.17, 15) is 53.1 Å². The number of benzene rings is 1. The average Bonchev–Trinajstić information content (AvgIpc) is 3.27. The molecule has 0 spiro atoms. The molecule has 0 radical (unpaired) electrons. The Bertz CT molecular complexity index is 1900. The fourth-order valence-electron chi connectivity index (χ4n) is 6.76. The van der Waals surface area contributed by atoms with E-state index >= 15 is 0 Å². The Hall–Kier alpha value is -6.77. The molecule has 8 unspecified atom stereocenters. The van der Waals surface area contributed by atoms with Gasteiger partial charge in [0.05, 0.1) is 25.5 Å². The van der Waals surface area contributed by atoms with Gasteiger partial charge in [-0.1, -0.05) is 30.3 Å². The van der Waals surface area contributed by atoms with Crippen molar-refractivity contribution in [3.8, 4) is 0 Å². The number of nitrogens with one attached hydrogen (secondary N) is 8. The molecule has 0 saturated carbocycles. The highest BCUT2D eigenvalue weighted by molar-refractivity contribution is 6.00. The van der Waals surface area contributed by atoms with E-state index in [1.807, 2.05) is 0 Å². The summed E-state index contributed by atoms with van der Waals surface area (Å²) >= 11 is 0. The Morgan fingerprint density at radius 1 is 0.565 bits per heavy atom. The molecule has 386 valence electrons. The van der Waals surface area contributed by atoms with Gasteiger partial charge in [-0.05, 0) is 90.9 Å². The highest BCUT2D eigenvalue weighted by Crippen LogP contribution is 2.10. The van der Waals surface area contributed by atoms with Crippen LogP contribution in [0.15, 0.2) is 35.3 Å². The van der Waals surface area contributed by atoms with Gasteiger partial charge in [0.2, 0.25) is 53.2 Å². The molecule has 0 heterocycles. The number of Topliss-reactive ketones (excluding diaryl/α,β-unsaturated/α-hetero) is 1. The minimum atomic E-state index is -1.83. The van der Waals surface area contributed by atoms with Gasteiger partial charge in [0.25, 0.3) is 0 Å². The van der Waals surface area contributed by atoms with Crippen molar-refractivity contribution in [2.75, 3.05) is 33.2 Å². The van der Waals surface area contributed by atoms with Gasteiger partial charge in [-0.15, -0.1) is 0 Å². The lowest BCUT2D eigenvalue weighted by molar-refractivity contribution is -0.137. The Morgan fingerprint density at radius 2 is 0.971 bits per heavy atom. The van der Waals surface area contributed by atoms with E-state index in [4.69, 9.17) is 34.4 Å². The quantitative estimate of drug-likeness (QED) is 0.0171. The molecule has 8 atom stereocenters. The minimum Gasteiger partial charge on any atom is -0.391 e. The summed E-state index contributed by atoms with van der Waals surface area (Å²) in [6, 6.07) is -1.89. The molecule has 26 nitrogen and oxygen atoms in total. The first-order chi connectivity index (χ1) is 32.6. The van der Waals surface area contributed by atoms with Crippen LogP contribution in [0.1, 0.15) is 83.6 Å². The Labute approximate surface area is 401 Å². The number of carbonyl (C=O) groups is 10. The fraction of sp³-hybridized carbons (Fsp3) is 0.605. The molecule has 0 aliphatic rings. The molecule has 0 fully saturated rings. The lowest BCUT2D eigenvalue weighted by atomic mass is 10.0. The topological polar surface area (TPSA) is 456 Å². The molecule has 26 heteroatoms. The maximum absolute atomic E-state index is 14.1. The minimum absolute atomic E-state index is 0.0185. The number of nitrogens with zero attached hydrogens (tertiary/aromatic N) is 1. The van der Waals surface area contributed by atoms with Crippen molar-refractivity contribution in [3.05, 3.63) is 35.9 Å². The maximum atomic E-state index is 14.1. The molecule has 0 saturated heterocycles. The molecule has 69 heavy (non-hydrogen) atoms. The van der Waals surface area contributed by atoms with E-state index in [2.05, 4.69) is 47.5 Å². The number of hydrogen-bond donors (Lipinski definition) is 15. The highest BCUT2D eigenvalue weighted by atomic mass is 16.3. The molecule has 0 aromatic heterocycles. The number of aliphatic hydroxyl groups excluding tert-OH is 1. The molecule has 0 aliphatic carbocycles. The molecular weight excluding hydrogens is 903 g/mol. The zero-order chi connectivity index (χ0) is 52.1. The van der Waals surface area contributed by atoms with Crippen LogP contribution in [0.5, 0.6) is 0 Å². The van der Waals surface area contributed by atoms with Crippen LogP contribution in [0.2, 0.25) is 0 Å². The zero-order valence-electron chi connectivity index (χ0n) is 39.6. The first kappa shape index (κ1) is 60.2. The molecule has 9 amide bonds. The Balaban J connectivity index is 3.56. The molecule has 1 aromatic carbocycles. The SMILES string of the molecule is CNCC(=O)NC(CCCCN)C(=O)NC(CCCN=C(N)N)C(=O)NC(CC(N)=O)C(=O)NC(CC(N)=O)C(=O)NC(Cc1ccccc1)C(=O)NC(CCCCN)C(=O)NC(C(C)=O)C(C)O. The summed E-state index contributed by atoms with van der Waals surface area (Å²) in [4.78, 5) is 136. The average molecular weight is 976 g/mol. The smallest absolute Gasteiger partial charge is 0.243 e. The van der Waals surface area contributed by atoms with E-state index in [1.54, 1.807) is 30.3 Å². The number of likely N-dealkylation sites (N-methyl/N-ethyl adjacent to an activating group) is 1. The molecule has 1 aromatic rings. The van der Waals surface area contributed by atoms with Crippen molar-refractivity contribution >= 4 is 64.9 Å². The standard InChI is InChI=1S/C43H73N15O11/c1-24(59)36(25(2)60)58-39(66)28(15-8-10-18-45)54-40(67)30(20-26-12-5-4-6-13-26)55-41(68)32(22-34(47)62)57-42(69)31(21-33(46)61)56-38(65)29(16-11-19-51-43(48)49)53-37(64)27(14-7-9-17-44)52-35(63)23-50-3/h4-6,12-13,24,27-32,36,50,59H,7-11,14-23,44-45H2,1-3H3,(H2,46,61)(H2,47,62)(H,52,63)(H,53,64)(H,54,67)(H,55,68)(H,56,65)(H,57,69)(H,58,66)(H4,48,49,51). The van der Waals surface area contributed by atoms with Gasteiger partial charge in [0.1, 0.15) is 42.3 Å². The molecule has 0 bridgehead atoms. The van der Waals surface area contributed by atoms with Gasteiger partial charge in [0.15, 0.2) is 11.7 Å². The van der Waals surface area contributed by atoms with Crippen LogP contribution in [0.25, 0.3) is 0 Å². The first-order valence-electron chi connectivity index (χ1n) is 22.6. The third-order valence-electron chi connectivity index (χ3n) is 10.3.